The fourth-order valence-corrected chi connectivity index (χ4v) is 2.75. The van der Waals surface area contributed by atoms with Crippen LogP contribution in [0.5, 0.6) is 0 Å². The SMILES string of the molecule is CCC(NC(=O)C1NCCCC1(C)C)c1ncc[nH]1. The highest BCUT2D eigenvalue weighted by molar-refractivity contribution is 5.83. The maximum Gasteiger partial charge on any atom is 0.238 e. The summed E-state index contributed by atoms with van der Waals surface area (Å²) in [7, 11) is 0. The summed E-state index contributed by atoms with van der Waals surface area (Å²) in [6, 6.07) is -0.160. The lowest BCUT2D eigenvalue weighted by Gasteiger charge is -2.38. The maximum absolute atomic E-state index is 12.5. The van der Waals surface area contributed by atoms with Crippen LogP contribution in [0.2, 0.25) is 0 Å². The highest BCUT2D eigenvalue weighted by Crippen LogP contribution is 2.30. The number of nitrogens with zero attached hydrogens (tertiary/aromatic N) is 1. The average Bonchev–Trinajstić information content (AvgIpc) is 2.88. The molecule has 106 valence electrons. The first-order chi connectivity index (χ1) is 9.04. The number of carbonyl (C=O) groups excluding carboxylic acids is 1. The summed E-state index contributed by atoms with van der Waals surface area (Å²) in [6.45, 7) is 7.26. The van der Waals surface area contributed by atoms with Gasteiger partial charge in [0.05, 0.1) is 12.1 Å². The van der Waals surface area contributed by atoms with Crippen LogP contribution in [0, 0.1) is 5.41 Å². The lowest BCUT2D eigenvalue weighted by Crippen LogP contribution is -2.56. The molecular weight excluding hydrogens is 240 g/mol. The number of nitrogens with one attached hydrogen (secondary N) is 3. The Bertz CT molecular complexity index is 413. The van der Waals surface area contributed by atoms with Crippen LogP contribution >= 0.6 is 0 Å². The largest absolute Gasteiger partial charge is 0.347 e. The van der Waals surface area contributed by atoms with Crippen LogP contribution in [0.4, 0.5) is 0 Å². The monoisotopic (exact) mass is 264 g/mol. The molecule has 1 aromatic heterocycles. The second kappa shape index (κ2) is 5.74. The van der Waals surface area contributed by atoms with Crippen LogP contribution in [0.3, 0.4) is 0 Å². The number of carbonyl (C=O) groups is 1. The van der Waals surface area contributed by atoms with Gasteiger partial charge in [-0.1, -0.05) is 20.8 Å². The minimum atomic E-state index is -0.120. The molecule has 2 rings (SSSR count). The quantitative estimate of drug-likeness (QED) is 0.776. The molecule has 5 heteroatoms. The van der Waals surface area contributed by atoms with E-state index in [2.05, 4.69) is 34.4 Å². The Kier molecular flexibility index (Phi) is 4.24. The molecule has 2 unspecified atom stereocenters. The molecule has 19 heavy (non-hydrogen) atoms. The van der Waals surface area contributed by atoms with Crippen molar-refractivity contribution in [2.75, 3.05) is 6.54 Å². The summed E-state index contributed by atoms with van der Waals surface area (Å²) in [4.78, 5) is 19.8. The number of piperidine rings is 1. The van der Waals surface area contributed by atoms with Crippen molar-refractivity contribution >= 4 is 5.91 Å². The molecule has 1 amide bonds. The van der Waals surface area contributed by atoms with Crippen molar-refractivity contribution in [2.24, 2.45) is 5.41 Å². The molecule has 1 fully saturated rings. The molecular formula is C14H24N4O. The Morgan fingerprint density at radius 3 is 3.00 bits per heavy atom. The van der Waals surface area contributed by atoms with Crippen LogP contribution in [0.1, 0.15) is 51.9 Å². The topological polar surface area (TPSA) is 69.8 Å². The van der Waals surface area contributed by atoms with E-state index in [1.807, 2.05) is 6.92 Å². The number of H-pyrrole nitrogens is 1. The van der Waals surface area contributed by atoms with E-state index in [0.29, 0.717) is 0 Å². The van der Waals surface area contributed by atoms with Gasteiger partial charge in [0.2, 0.25) is 5.91 Å². The second-order valence-electron chi connectivity index (χ2n) is 5.92. The number of hydrogen-bond donors (Lipinski definition) is 3. The third-order valence-corrected chi connectivity index (χ3v) is 3.96. The summed E-state index contributed by atoms with van der Waals surface area (Å²) < 4.78 is 0. The zero-order valence-corrected chi connectivity index (χ0v) is 12.0. The molecule has 0 aliphatic carbocycles. The number of rotatable bonds is 4. The van der Waals surface area contributed by atoms with Crippen molar-refractivity contribution in [1.29, 1.82) is 0 Å². The number of amides is 1. The maximum atomic E-state index is 12.5. The first-order valence-corrected chi connectivity index (χ1v) is 7.07. The molecule has 0 spiro atoms. The number of aromatic nitrogens is 2. The highest BCUT2D eigenvalue weighted by Gasteiger charge is 2.37. The number of hydrogen-bond acceptors (Lipinski definition) is 3. The third-order valence-electron chi connectivity index (χ3n) is 3.96. The number of imidazole rings is 1. The van der Waals surface area contributed by atoms with Gasteiger partial charge < -0.3 is 15.6 Å². The predicted octanol–water partition coefficient (Wildman–Crippen LogP) is 1.76. The van der Waals surface area contributed by atoms with Gasteiger partial charge in [0.25, 0.3) is 0 Å². The fraction of sp³-hybridized carbons (Fsp3) is 0.714. The third kappa shape index (κ3) is 3.15. The van der Waals surface area contributed by atoms with E-state index in [0.717, 1.165) is 31.6 Å². The standard InChI is InChI=1S/C14H24N4O/c1-4-10(12-16-8-9-17-12)18-13(19)11-14(2,3)6-5-7-15-11/h8-11,15H,4-7H2,1-3H3,(H,16,17)(H,18,19). The Balaban J connectivity index is 2.03. The summed E-state index contributed by atoms with van der Waals surface area (Å²) in [6.07, 6.45) is 6.54. The fourth-order valence-electron chi connectivity index (χ4n) is 2.75. The van der Waals surface area contributed by atoms with Crippen LogP contribution in [0.15, 0.2) is 12.4 Å². The van der Waals surface area contributed by atoms with Crippen molar-refractivity contribution in [2.45, 2.75) is 52.1 Å². The van der Waals surface area contributed by atoms with Gasteiger partial charge >= 0.3 is 0 Å². The minimum Gasteiger partial charge on any atom is -0.347 e. The lowest BCUT2D eigenvalue weighted by atomic mass is 9.77. The van der Waals surface area contributed by atoms with Crippen molar-refractivity contribution in [3.8, 4) is 0 Å². The van der Waals surface area contributed by atoms with Crippen LogP contribution in [-0.4, -0.2) is 28.5 Å². The van der Waals surface area contributed by atoms with Crippen molar-refractivity contribution < 1.29 is 4.79 Å². The Hall–Kier alpha value is -1.36. The average molecular weight is 264 g/mol. The molecule has 2 heterocycles. The molecule has 0 bridgehead atoms. The molecule has 1 aromatic rings. The van der Waals surface area contributed by atoms with E-state index in [4.69, 9.17) is 0 Å². The van der Waals surface area contributed by atoms with E-state index in [1.54, 1.807) is 12.4 Å². The van der Waals surface area contributed by atoms with Gasteiger partial charge in [-0.25, -0.2) is 4.98 Å². The Labute approximate surface area is 114 Å². The Morgan fingerprint density at radius 1 is 1.63 bits per heavy atom. The lowest BCUT2D eigenvalue weighted by molar-refractivity contribution is -0.127. The summed E-state index contributed by atoms with van der Waals surface area (Å²) >= 11 is 0. The minimum absolute atomic E-state index is 0.00376. The van der Waals surface area contributed by atoms with Crippen molar-refractivity contribution in [1.82, 2.24) is 20.6 Å². The summed E-state index contributed by atoms with van der Waals surface area (Å²) in [5.74, 6) is 0.900. The first kappa shape index (κ1) is 14.1. The zero-order chi connectivity index (χ0) is 13.9. The molecule has 1 aliphatic rings. The molecule has 1 saturated heterocycles. The van der Waals surface area contributed by atoms with Gasteiger partial charge in [0.15, 0.2) is 0 Å². The normalized spacial score (nSPS) is 23.8. The molecule has 5 nitrogen and oxygen atoms in total. The van der Waals surface area contributed by atoms with Gasteiger partial charge in [-0.15, -0.1) is 0 Å². The second-order valence-corrected chi connectivity index (χ2v) is 5.92. The van der Waals surface area contributed by atoms with Crippen LogP contribution in [0.25, 0.3) is 0 Å². The molecule has 2 atom stereocenters. The van der Waals surface area contributed by atoms with Gasteiger partial charge in [0.1, 0.15) is 5.82 Å². The predicted molar refractivity (Wildman–Crippen MR) is 74.6 cm³/mol. The first-order valence-electron chi connectivity index (χ1n) is 7.07. The molecule has 0 radical (unpaired) electrons. The zero-order valence-electron chi connectivity index (χ0n) is 12.0. The number of aromatic amines is 1. The molecule has 0 aromatic carbocycles. The van der Waals surface area contributed by atoms with E-state index in [9.17, 15) is 4.79 Å². The summed E-state index contributed by atoms with van der Waals surface area (Å²) in [5, 5.41) is 6.44. The van der Waals surface area contributed by atoms with Gasteiger partial charge in [-0.2, -0.15) is 0 Å². The van der Waals surface area contributed by atoms with Gasteiger partial charge in [-0.3, -0.25) is 4.79 Å². The smallest absolute Gasteiger partial charge is 0.238 e. The van der Waals surface area contributed by atoms with E-state index >= 15 is 0 Å². The van der Waals surface area contributed by atoms with Gasteiger partial charge in [0, 0.05) is 12.4 Å². The molecule has 0 saturated carbocycles. The summed E-state index contributed by atoms with van der Waals surface area (Å²) in [5.41, 5.74) is 0.00376. The highest BCUT2D eigenvalue weighted by atomic mass is 16.2. The Morgan fingerprint density at radius 2 is 2.42 bits per heavy atom. The molecule has 3 N–H and O–H groups in total. The van der Waals surface area contributed by atoms with Crippen molar-refractivity contribution in [3.63, 3.8) is 0 Å². The van der Waals surface area contributed by atoms with E-state index in [1.165, 1.54) is 0 Å². The van der Waals surface area contributed by atoms with Crippen molar-refractivity contribution in [3.05, 3.63) is 18.2 Å². The van der Waals surface area contributed by atoms with Crippen LogP contribution in [-0.2, 0) is 4.79 Å². The van der Waals surface area contributed by atoms with Gasteiger partial charge in [-0.05, 0) is 31.2 Å². The van der Waals surface area contributed by atoms with E-state index < -0.39 is 0 Å². The molecule has 1 aliphatic heterocycles. The van der Waals surface area contributed by atoms with E-state index in [-0.39, 0.29) is 23.4 Å². The van der Waals surface area contributed by atoms with Crippen LogP contribution < -0.4 is 10.6 Å².